The van der Waals surface area contributed by atoms with E-state index >= 15 is 0 Å². The number of thioether (sulfide) groups is 1. The van der Waals surface area contributed by atoms with Gasteiger partial charge >= 0.3 is 0 Å². The first-order valence-electron chi connectivity index (χ1n) is 10.4. The molecule has 2 heterocycles. The van der Waals surface area contributed by atoms with Crippen molar-refractivity contribution in [2.45, 2.75) is 31.2 Å². The smallest absolute Gasteiger partial charge is 0.277 e. The average Bonchev–Trinajstić information content (AvgIpc) is 3.42. The molecule has 0 N–H and O–H groups in total. The van der Waals surface area contributed by atoms with Crippen LogP contribution in [0, 0.1) is 13.8 Å². The average molecular weight is 464 g/mol. The minimum absolute atomic E-state index is 0.0112. The Morgan fingerprint density at radius 3 is 2.48 bits per heavy atom. The number of carbonyl (C=O) groups is 1. The van der Waals surface area contributed by atoms with Gasteiger partial charge in [0.15, 0.2) is 5.78 Å². The number of para-hydroxylation sites is 1. The van der Waals surface area contributed by atoms with Gasteiger partial charge < -0.3 is 18.5 Å². The van der Waals surface area contributed by atoms with Gasteiger partial charge in [0, 0.05) is 28.7 Å². The molecule has 1 atom stereocenters. The number of ether oxygens (including phenoxy) is 2. The third-order valence-electron chi connectivity index (χ3n) is 5.40. The summed E-state index contributed by atoms with van der Waals surface area (Å²) in [6.07, 6.45) is 0. The summed E-state index contributed by atoms with van der Waals surface area (Å²) < 4.78 is 18.6. The number of aromatic nitrogens is 3. The molecule has 4 aromatic rings. The molecule has 8 heteroatoms. The molecule has 0 saturated heterocycles. The molecule has 0 amide bonds. The highest BCUT2D eigenvalue weighted by Gasteiger charge is 2.25. The minimum atomic E-state index is -0.402. The Labute approximate surface area is 196 Å². The Kier molecular flexibility index (Phi) is 6.55. The predicted octanol–water partition coefficient (Wildman–Crippen LogP) is 5.52. The van der Waals surface area contributed by atoms with Gasteiger partial charge in [-0.2, -0.15) is 0 Å². The summed E-state index contributed by atoms with van der Waals surface area (Å²) in [5.41, 5.74) is 4.29. The number of ketones is 1. The molecule has 170 valence electrons. The second kappa shape index (κ2) is 9.54. The molecule has 0 radical (unpaired) electrons. The summed E-state index contributed by atoms with van der Waals surface area (Å²) in [6.45, 7) is 5.81. The maximum atomic E-state index is 13.3. The summed E-state index contributed by atoms with van der Waals surface area (Å²) in [4.78, 5) is 13.3. The number of methoxy groups -OCH3 is 2. The van der Waals surface area contributed by atoms with E-state index in [1.807, 2.05) is 57.2 Å². The molecule has 0 unspecified atom stereocenters. The third kappa shape index (κ3) is 4.52. The highest BCUT2D eigenvalue weighted by Crippen LogP contribution is 2.35. The van der Waals surface area contributed by atoms with Crippen molar-refractivity contribution in [1.82, 2.24) is 14.8 Å². The Bertz CT molecular complexity index is 1280. The van der Waals surface area contributed by atoms with Crippen molar-refractivity contribution >= 4 is 17.5 Å². The molecule has 33 heavy (non-hydrogen) atoms. The van der Waals surface area contributed by atoms with E-state index in [1.54, 1.807) is 32.4 Å². The molecule has 4 rings (SSSR count). The zero-order chi connectivity index (χ0) is 23.5. The molecule has 7 nitrogen and oxygen atoms in total. The standard InChI is InChI=1S/C25H25N3O4S/c1-15-13-21(16(2)28(15)18-9-7-6-8-10-18)23(29)17(3)33-25-27-26-24(32-25)20-12-11-19(30-4)14-22(20)31-5/h6-14,17H,1-5H3/t17-/m1/s1. The van der Waals surface area contributed by atoms with Crippen LogP contribution in [0.2, 0.25) is 0 Å². The lowest BCUT2D eigenvalue weighted by atomic mass is 10.1. The number of hydrogen-bond donors (Lipinski definition) is 0. The van der Waals surface area contributed by atoms with Crippen LogP contribution in [0.25, 0.3) is 17.1 Å². The number of aryl methyl sites for hydroxylation is 1. The van der Waals surface area contributed by atoms with Crippen molar-refractivity contribution in [2.75, 3.05) is 14.2 Å². The molecule has 0 spiro atoms. The van der Waals surface area contributed by atoms with Gasteiger partial charge in [-0.1, -0.05) is 30.0 Å². The Morgan fingerprint density at radius 2 is 1.79 bits per heavy atom. The van der Waals surface area contributed by atoms with Crippen LogP contribution in [-0.2, 0) is 0 Å². The van der Waals surface area contributed by atoms with E-state index in [0.29, 0.717) is 33.7 Å². The number of rotatable bonds is 8. The van der Waals surface area contributed by atoms with Crippen LogP contribution in [0.15, 0.2) is 64.2 Å². The molecule has 2 aromatic carbocycles. The van der Waals surface area contributed by atoms with Crippen LogP contribution >= 0.6 is 11.8 Å². The molecular weight excluding hydrogens is 438 g/mol. The molecule has 0 fully saturated rings. The molecule has 2 aromatic heterocycles. The van der Waals surface area contributed by atoms with E-state index in [0.717, 1.165) is 17.1 Å². The Hall–Kier alpha value is -3.52. The second-order valence-corrected chi connectivity index (χ2v) is 8.81. The van der Waals surface area contributed by atoms with Crippen LogP contribution in [0.1, 0.15) is 28.7 Å². The normalized spacial score (nSPS) is 11.9. The highest BCUT2D eigenvalue weighted by molar-refractivity contribution is 8.00. The van der Waals surface area contributed by atoms with Crippen molar-refractivity contribution in [3.8, 4) is 28.6 Å². The van der Waals surface area contributed by atoms with E-state index in [1.165, 1.54) is 11.8 Å². The van der Waals surface area contributed by atoms with E-state index in [9.17, 15) is 4.79 Å². The lowest BCUT2D eigenvalue weighted by Gasteiger charge is -2.11. The van der Waals surface area contributed by atoms with Gasteiger partial charge in [-0.15, -0.1) is 10.2 Å². The van der Waals surface area contributed by atoms with Gasteiger partial charge in [-0.3, -0.25) is 4.79 Å². The number of hydrogen-bond acceptors (Lipinski definition) is 7. The zero-order valence-corrected chi connectivity index (χ0v) is 20.0. The lowest BCUT2D eigenvalue weighted by Crippen LogP contribution is -2.14. The summed E-state index contributed by atoms with van der Waals surface area (Å²) in [7, 11) is 3.16. The third-order valence-corrected chi connectivity index (χ3v) is 6.34. The molecule has 0 saturated carbocycles. The van der Waals surface area contributed by atoms with Gasteiger partial charge in [0.1, 0.15) is 11.5 Å². The van der Waals surface area contributed by atoms with Gasteiger partial charge in [-0.25, -0.2) is 0 Å². The van der Waals surface area contributed by atoms with Gasteiger partial charge in [0.2, 0.25) is 0 Å². The zero-order valence-electron chi connectivity index (χ0n) is 19.2. The van der Waals surface area contributed by atoms with Crippen LogP contribution in [0.3, 0.4) is 0 Å². The van der Waals surface area contributed by atoms with Crippen molar-refractivity contribution < 1.29 is 18.7 Å². The summed E-state index contributed by atoms with van der Waals surface area (Å²) in [5.74, 6) is 1.56. The first-order valence-corrected chi connectivity index (χ1v) is 11.3. The van der Waals surface area contributed by atoms with Crippen molar-refractivity contribution in [3.63, 3.8) is 0 Å². The topological polar surface area (TPSA) is 79.4 Å². The molecule has 0 aliphatic rings. The maximum absolute atomic E-state index is 13.3. The van der Waals surface area contributed by atoms with E-state index in [-0.39, 0.29) is 5.78 Å². The number of Topliss-reactive ketones (excluding diaryl/α,β-unsaturated/α-hetero) is 1. The number of carbonyl (C=O) groups excluding carboxylic acids is 1. The summed E-state index contributed by atoms with van der Waals surface area (Å²) in [6, 6.07) is 17.3. The van der Waals surface area contributed by atoms with E-state index < -0.39 is 5.25 Å². The second-order valence-electron chi connectivity index (χ2n) is 7.52. The number of nitrogens with zero attached hydrogens (tertiary/aromatic N) is 3. The lowest BCUT2D eigenvalue weighted by molar-refractivity contribution is 0.0993. The van der Waals surface area contributed by atoms with E-state index in [2.05, 4.69) is 14.8 Å². The fourth-order valence-electron chi connectivity index (χ4n) is 3.75. The van der Waals surface area contributed by atoms with Gasteiger partial charge in [0.25, 0.3) is 11.1 Å². The monoisotopic (exact) mass is 463 g/mol. The predicted molar refractivity (Wildman–Crippen MR) is 128 cm³/mol. The van der Waals surface area contributed by atoms with Crippen molar-refractivity contribution in [2.24, 2.45) is 0 Å². The summed E-state index contributed by atoms with van der Waals surface area (Å²) >= 11 is 1.24. The highest BCUT2D eigenvalue weighted by atomic mass is 32.2. The van der Waals surface area contributed by atoms with Crippen LogP contribution in [-0.4, -0.2) is 40.0 Å². The SMILES string of the molecule is COc1ccc(-c2nnc(S[C@H](C)C(=O)c3cc(C)n(-c4ccccc4)c3C)o2)c(OC)c1. The van der Waals surface area contributed by atoms with Crippen molar-refractivity contribution in [1.29, 1.82) is 0 Å². The van der Waals surface area contributed by atoms with Crippen LogP contribution in [0.5, 0.6) is 11.5 Å². The quantitative estimate of drug-likeness (QED) is 0.251. The molecule has 0 aliphatic heterocycles. The minimum Gasteiger partial charge on any atom is -0.497 e. The first kappa shape index (κ1) is 22.7. The molecule has 0 aliphatic carbocycles. The molecule has 0 bridgehead atoms. The largest absolute Gasteiger partial charge is 0.497 e. The van der Waals surface area contributed by atoms with Crippen LogP contribution in [0.4, 0.5) is 0 Å². The van der Waals surface area contributed by atoms with Crippen LogP contribution < -0.4 is 9.47 Å². The van der Waals surface area contributed by atoms with E-state index in [4.69, 9.17) is 13.9 Å². The van der Waals surface area contributed by atoms with Gasteiger partial charge in [-0.05, 0) is 51.1 Å². The first-order chi connectivity index (χ1) is 15.9. The Morgan fingerprint density at radius 1 is 1.03 bits per heavy atom. The fourth-order valence-corrected chi connectivity index (χ4v) is 4.50. The maximum Gasteiger partial charge on any atom is 0.277 e. The van der Waals surface area contributed by atoms with Crippen molar-refractivity contribution in [3.05, 3.63) is 71.5 Å². The summed E-state index contributed by atoms with van der Waals surface area (Å²) in [5, 5.41) is 8.18. The fraction of sp³-hybridized carbons (Fsp3) is 0.240. The Balaban J connectivity index is 1.54. The molecular formula is C25H25N3O4S. The number of benzene rings is 2. The van der Waals surface area contributed by atoms with Gasteiger partial charge in [0.05, 0.1) is 25.0 Å².